The van der Waals surface area contributed by atoms with Gasteiger partial charge in [0.15, 0.2) is 0 Å². The molecule has 2 nitrogen and oxygen atoms in total. The van der Waals surface area contributed by atoms with Gasteiger partial charge in [-0.25, -0.2) is 0 Å². The largest absolute Gasteiger partial charge is 0.481 e. The molecule has 0 aromatic carbocycles. The molecule has 1 aliphatic carbocycles. The molecule has 0 spiro atoms. The zero-order chi connectivity index (χ0) is 16.5. The number of carbonyl (C=O) groups is 1. The van der Waals surface area contributed by atoms with Crippen molar-refractivity contribution in [2.45, 2.75) is 72.6 Å². The molecule has 2 rings (SSSR count). The van der Waals surface area contributed by atoms with Crippen LogP contribution >= 0.6 is 11.3 Å². The average Bonchev–Trinajstić information content (AvgIpc) is 2.70. The second kappa shape index (κ2) is 6.57. The predicted octanol–water partition coefficient (Wildman–Crippen LogP) is 5.93. The minimum absolute atomic E-state index is 0.00353. The lowest BCUT2D eigenvalue weighted by Gasteiger charge is -2.25. The van der Waals surface area contributed by atoms with Gasteiger partial charge in [-0.3, -0.25) is 4.79 Å². The Bertz CT molecular complexity index is 587. The molecule has 1 heterocycles. The van der Waals surface area contributed by atoms with Gasteiger partial charge >= 0.3 is 5.97 Å². The van der Waals surface area contributed by atoms with E-state index in [1.807, 2.05) is 0 Å². The van der Waals surface area contributed by atoms with Crippen LogP contribution in [-0.2, 0) is 4.79 Å². The van der Waals surface area contributed by atoms with E-state index >= 15 is 0 Å². The van der Waals surface area contributed by atoms with Crippen molar-refractivity contribution < 1.29 is 9.90 Å². The summed E-state index contributed by atoms with van der Waals surface area (Å²) in [6, 6.07) is 0. The normalized spacial score (nSPS) is 17.2. The summed E-state index contributed by atoms with van der Waals surface area (Å²) in [5.74, 6) is -1.09. The van der Waals surface area contributed by atoms with Gasteiger partial charge in [-0.05, 0) is 68.1 Å². The molecule has 1 aromatic heterocycles. The monoisotopic (exact) mass is 320 g/mol. The summed E-state index contributed by atoms with van der Waals surface area (Å²) >= 11 is 1.76. The van der Waals surface area contributed by atoms with Crippen molar-refractivity contribution in [3.63, 3.8) is 0 Å². The van der Waals surface area contributed by atoms with Crippen LogP contribution in [0.1, 0.15) is 79.7 Å². The van der Waals surface area contributed by atoms with Gasteiger partial charge in [-0.2, -0.15) is 0 Å². The van der Waals surface area contributed by atoms with Crippen molar-refractivity contribution in [2.75, 3.05) is 0 Å². The molecule has 0 bridgehead atoms. The van der Waals surface area contributed by atoms with Crippen LogP contribution in [0.4, 0.5) is 0 Å². The number of allylic oxidation sites excluding steroid dienone is 2. The quantitative estimate of drug-likeness (QED) is 0.747. The molecule has 0 aliphatic heterocycles. The molecular weight excluding hydrogens is 292 g/mol. The summed E-state index contributed by atoms with van der Waals surface area (Å²) in [7, 11) is 0. The average molecular weight is 320 g/mol. The van der Waals surface area contributed by atoms with Crippen molar-refractivity contribution >= 4 is 22.9 Å². The van der Waals surface area contributed by atoms with Crippen molar-refractivity contribution in [2.24, 2.45) is 5.41 Å². The van der Waals surface area contributed by atoms with Crippen LogP contribution in [0.2, 0.25) is 0 Å². The molecule has 122 valence electrons. The summed E-state index contributed by atoms with van der Waals surface area (Å²) in [5, 5.41) is 9.83. The van der Waals surface area contributed by atoms with Gasteiger partial charge in [0, 0.05) is 9.75 Å². The first kappa shape index (κ1) is 17.3. The highest BCUT2D eigenvalue weighted by Gasteiger charge is 2.32. The molecule has 0 saturated heterocycles. The Kier molecular flexibility index (Phi) is 5.16. The van der Waals surface area contributed by atoms with E-state index in [4.69, 9.17) is 0 Å². The molecule has 1 atom stereocenters. The zero-order valence-electron chi connectivity index (χ0n) is 14.5. The Morgan fingerprint density at radius 2 is 1.95 bits per heavy atom. The molecule has 0 amide bonds. The number of carboxylic acids is 1. The second-order valence-electron chi connectivity index (χ2n) is 7.63. The van der Waals surface area contributed by atoms with Crippen LogP contribution in [0.25, 0.3) is 5.57 Å². The van der Waals surface area contributed by atoms with E-state index in [1.54, 1.807) is 11.3 Å². The molecule has 0 saturated carbocycles. The smallest absolute Gasteiger partial charge is 0.311 e. The summed E-state index contributed by atoms with van der Waals surface area (Å²) < 4.78 is 0. The van der Waals surface area contributed by atoms with Crippen molar-refractivity contribution in [1.29, 1.82) is 0 Å². The highest BCUT2D eigenvalue weighted by Crippen LogP contribution is 2.43. The number of hydrogen-bond acceptors (Lipinski definition) is 2. The topological polar surface area (TPSA) is 37.3 Å². The van der Waals surface area contributed by atoms with E-state index in [2.05, 4.69) is 40.7 Å². The standard InChI is InChI=1S/C19H28O2S/c1-12-16(14-9-7-6-8-10-14)17(13(2)22-12)15(18(20)21)11-19(3,4)5/h9,15H,6-8,10-11H2,1-5H3,(H,20,21). The van der Waals surface area contributed by atoms with Crippen LogP contribution in [0.3, 0.4) is 0 Å². The van der Waals surface area contributed by atoms with Crippen LogP contribution in [0.15, 0.2) is 6.08 Å². The number of hydrogen-bond donors (Lipinski definition) is 1. The zero-order valence-corrected chi connectivity index (χ0v) is 15.3. The van der Waals surface area contributed by atoms with E-state index in [-0.39, 0.29) is 5.41 Å². The summed E-state index contributed by atoms with van der Waals surface area (Å²) in [4.78, 5) is 14.4. The van der Waals surface area contributed by atoms with Crippen LogP contribution in [-0.4, -0.2) is 11.1 Å². The first-order chi connectivity index (χ1) is 10.2. The van der Waals surface area contributed by atoms with Gasteiger partial charge in [0.1, 0.15) is 0 Å². The highest BCUT2D eigenvalue weighted by molar-refractivity contribution is 7.12. The van der Waals surface area contributed by atoms with Crippen LogP contribution < -0.4 is 0 Å². The van der Waals surface area contributed by atoms with Crippen molar-refractivity contribution in [1.82, 2.24) is 0 Å². The van der Waals surface area contributed by atoms with E-state index in [9.17, 15) is 9.90 Å². The summed E-state index contributed by atoms with van der Waals surface area (Å²) in [5.41, 5.74) is 3.71. The third-order valence-corrected chi connectivity index (χ3v) is 5.42. The van der Waals surface area contributed by atoms with Crippen molar-refractivity contribution in [3.05, 3.63) is 27.0 Å². The lowest BCUT2D eigenvalue weighted by molar-refractivity contribution is -0.139. The Morgan fingerprint density at radius 1 is 1.27 bits per heavy atom. The molecule has 1 aromatic rings. The molecule has 0 fully saturated rings. The lowest BCUT2D eigenvalue weighted by Crippen LogP contribution is -2.20. The summed E-state index contributed by atoms with van der Waals surface area (Å²) in [6.07, 6.45) is 7.70. The molecule has 1 unspecified atom stereocenters. The fraction of sp³-hybridized carbons (Fsp3) is 0.632. The van der Waals surface area contributed by atoms with Crippen molar-refractivity contribution in [3.8, 4) is 0 Å². The Labute approximate surface area is 138 Å². The van der Waals surface area contributed by atoms with Crippen LogP contribution in [0, 0.1) is 19.3 Å². The SMILES string of the molecule is Cc1sc(C)c(C(CC(C)(C)C)C(=O)O)c1C1=CCCCC1. The fourth-order valence-electron chi connectivity index (χ4n) is 3.51. The molecule has 1 aliphatic rings. The van der Waals surface area contributed by atoms with Gasteiger partial charge in [0.05, 0.1) is 5.92 Å². The third kappa shape index (κ3) is 3.81. The summed E-state index contributed by atoms with van der Waals surface area (Å²) in [6.45, 7) is 10.6. The maximum Gasteiger partial charge on any atom is 0.311 e. The van der Waals surface area contributed by atoms with Gasteiger partial charge < -0.3 is 5.11 Å². The van der Waals surface area contributed by atoms with Gasteiger partial charge in [0.2, 0.25) is 0 Å². The molecule has 0 radical (unpaired) electrons. The molecule has 22 heavy (non-hydrogen) atoms. The van der Waals surface area contributed by atoms with E-state index in [0.29, 0.717) is 6.42 Å². The Hall–Kier alpha value is -1.09. The maximum absolute atomic E-state index is 12.0. The number of carboxylic acid groups (broad SMARTS) is 1. The number of aryl methyl sites for hydroxylation is 2. The number of aliphatic carboxylic acids is 1. The van der Waals surface area contributed by atoms with Gasteiger partial charge in [-0.15, -0.1) is 11.3 Å². The Morgan fingerprint density at radius 3 is 2.45 bits per heavy atom. The molecule has 1 N–H and O–H groups in total. The van der Waals surface area contributed by atoms with Crippen LogP contribution in [0.5, 0.6) is 0 Å². The first-order valence-corrected chi connectivity index (χ1v) is 9.04. The molecule has 3 heteroatoms. The lowest BCUT2D eigenvalue weighted by atomic mass is 9.78. The number of thiophene rings is 1. The maximum atomic E-state index is 12.0. The first-order valence-electron chi connectivity index (χ1n) is 8.23. The third-order valence-electron chi connectivity index (χ3n) is 4.38. The van der Waals surface area contributed by atoms with E-state index in [0.717, 1.165) is 18.4 Å². The fourth-order valence-corrected chi connectivity index (χ4v) is 4.67. The highest BCUT2D eigenvalue weighted by atomic mass is 32.1. The second-order valence-corrected chi connectivity index (χ2v) is 9.06. The van der Waals surface area contributed by atoms with Gasteiger partial charge in [0.25, 0.3) is 0 Å². The minimum Gasteiger partial charge on any atom is -0.481 e. The van der Waals surface area contributed by atoms with E-state index < -0.39 is 11.9 Å². The molecular formula is C19H28O2S. The predicted molar refractivity (Wildman–Crippen MR) is 94.7 cm³/mol. The van der Waals surface area contributed by atoms with Gasteiger partial charge in [-0.1, -0.05) is 26.8 Å². The Balaban J connectivity index is 2.52. The minimum atomic E-state index is -0.687. The van der Waals surface area contributed by atoms with E-state index in [1.165, 1.54) is 33.7 Å². The number of rotatable bonds is 4.